The number of nitrogens with one attached hydrogen (secondary N) is 2. The minimum Gasteiger partial charge on any atom is -0.342 e. The highest BCUT2D eigenvalue weighted by molar-refractivity contribution is 7.18. The Morgan fingerprint density at radius 2 is 1.97 bits per heavy atom. The maximum absolute atomic E-state index is 13.0. The molecule has 178 valence electrons. The van der Waals surface area contributed by atoms with Crippen molar-refractivity contribution in [1.82, 2.24) is 14.5 Å². The van der Waals surface area contributed by atoms with E-state index in [4.69, 9.17) is 0 Å². The van der Waals surface area contributed by atoms with Crippen LogP contribution in [0.3, 0.4) is 0 Å². The molecule has 1 saturated carbocycles. The van der Waals surface area contributed by atoms with Gasteiger partial charge in [0.05, 0.1) is 20.9 Å². The first-order valence-corrected chi connectivity index (χ1v) is 12.3. The van der Waals surface area contributed by atoms with Crippen LogP contribution in [0, 0.1) is 5.92 Å². The van der Waals surface area contributed by atoms with E-state index >= 15 is 0 Å². The zero-order chi connectivity index (χ0) is 24.2. The third-order valence-electron chi connectivity index (χ3n) is 6.23. The zero-order valence-electron chi connectivity index (χ0n) is 19.4. The van der Waals surface area contributed by atoms with E-state index in [1.807, 2.05) is 24.3 Å². The molecule has 0 unspecified atom stereocenters. The molecule has 0 bridgehead atoms. The molecule has 0 atom stereocenters. The first-order chi connectivity index (χ1) is 16.4. The van der Waals surface area contributed by atoms with Gasteiger partial charge < -0.3 is 14.8 Å². The summed E-state index contributed by atoms with van der Waals surface area (Å²) in [7, 11) is 1.79. The molecule has 34 heavy (non-hydrogen) atoms. The predicted octanol–water partition coefficient (Wildman–Crippen LogP) is 4.68. The average molecular weight is 480 g/mol. The monoisotopic (exact) mass is 479 g/mol. The van der Waals surface area contributed by atoms with Gasteiger partial charge in [0.15, 0.2) is 0 Å². The Labute approximate surface area is 202 Å². The second-order valence-corrected chi connectivity index (χ2v) is 9.64. The summed E-state index contributed by atoms with van der Waals surface area (Å²) in [5, 5.41) is 6.41. The van der Waals surface area contributed by atoms with E-state index in [0.29, 0.717) is 34.7 Å². The van der Waals surface area contributed by atoms with E-state index in [9.17, 15) is 14.4 Å². The van der Waals surface area contributed by atoms with Crippen LogP contribution in [0.5, 0.6) is 0 Å². The van der Waals surface area contributed by atoms with Gasteiger partial charge in [-0.25, -0.2) is 4.98 Å². The number of anilines is 2. The second kappa shape index (κ2) is 10.2. The van der Waals surface area contributed by atoms with Crippen molar-refractivity contribution < 1.29 is 14.4 Å². The van der Waals surface area contributed by atoms with Crippen molar-refractivity contribution in [2.75, 3.05) is 24.2 Å². The summed E-state index contributed by atoms with van der Waals surface area (Å²) in [6.45, 7) is 6.02. The molecule has 0 radical (unpaired) electrons. The van der Waals surface area contributed by atoms with Crippen LogP contribution < -0.4 is 10.6 Å². The number of hydrogen-bond acceptors (Lipinski definition) is 5. The van der Waals surface area contributed by atoms with Crippen LogP contribution in [-0.4, -0.2) is 45.8 Å². The molecule has 9 heteroatoms. The van der Waals surface area contributed by atoms with Crippen molar-refractivity contribution in [3.63, 3.8) is 0 Å². The van der Waals surface area contributed by atoms with Crippen LogP contribution in [0.1, 0.15) is 48.3 Å². The summed E-state index contributed by atoms with van der Waals surface area (Å²) in [6, 6.07) is 11.5. The number of amides is 3. The van der Waals surface area contributed by atoms with E-state index in [2.05, 4.69) is 26.8 Å². The standard InChI is InChI=1S/C25H29N5O3S/c1-4-21(31)27-22-11-10-20(34-22)24(33)28-25-26-18-8-6-7-9-19(18)30(25)17-14-16(15-17)12-13-29(3)23(32)5-2/h5-11,16-17H,2,4,12-15H2,1,3H3,(H,27,31)(H,26,28,33). The number of likely N-dealkylation sites (N-methyl/N-ethyl adjacent to an activating group) is 1. The molecule has 1 aliphatic rings. The van der Waals surface area contributed by atoms with Crippen LogP contribution in [0.15, 0.2) is 49.1 Å². The molecule has 1 aliphatic carbocycles. The fraction of sp³-hybridized carbons (Fsp3) is 0.360. The molecule has 4 rings (SSSR count). The van der Waals surface area contributed by atoms with Crippen LogP contribution in [-0.2, 0) is 9.59 Å². The molecule has 2 N–H and O–H groups in total. The lowest BCUT2D eigenvalue weighted by atomic mass is 9.78. The molecular formula is C25H29N5O3S. The SMILES string of the molecule is C=CC(=O)N(C)CCC1CC(n2c(NC(=O)c3ccc(NC(=O)CC)s3)nc3ccccc32)C1. The van der Waals surface area contributed by atoms with Gasteiger partial charge in [-0.3, -0.25) is 19.7 Å². The minimum absolute atomic E-state index is 0.0625. The molecule has 0 saturated heterocycles. The quantitative estimate of drug-likeness (QED) is 0.436. The number of imidazole rings is 1. The van der Waals surface area contributed by atoms with Gasteiger partial charge in [0.2, 0.25) is 17.8 Å². The van der Waals surface area contributed by atoms with Gasteiger partial charge in [-0.2, -0.15) is 0 Å². The van der Waals surface area contributed by atoms with Gasteiger partial charge in [-0.05, 0) is 55.5 Å². The van der Waals surface area contributed by atoms with Gasteiger partial charge in [-0.1, -0.05) is 25.6 Å². The number of fused-ring (bicyclic) bond motifs is 1. The molecule has 2 aromatic heterocycles. The molecule has 1 aromatic carbocycles. The van der Waals surface area contributed by atoms with Crippen molar-refractivity contribution in [3.05, 3.63) is 53.9 Å². The van der Waals surface area contributed by atoms with Crippen LogP contribution in [0.25, 0.3) is 11.0 Å². The van der Waals surface area contributed by atoms with E-state index in [-0.39, 0.29) is 23.8 Å². The number of aromatic nitrogens is 2. The third kappa shape index (κ3) is 5.04. The molecular weight excluding hydrogens is 450 g/mol. The van der Waals surface area contributed by atoms with E-state index in [1.54, 1.807) is 31.0 Å². The molecule has 8 nitrogen and oxygen atoms in total. The summed E-state index contributed by atoms with van der Waals surface area (Å²) >= 11 is 1.24. The Morgan fingerprint density at radius 1 is 1.21 bits per heavy atom. The van der Waals surface area contributed by atoms with Crippen LogP contribution >= 0.6 is 11.3 Å². The maximum atomic E-state index is 13.0. The van der Waals surface area contributed by atoms with Gasteiger partial charge in [0.25, 0.3) is 5.91 Å². The predicted molar refractivity (Wildman–Crippen MR) is 135 cm³/mol. The molecule has 0 aliphatic heterocycles. The van der Waals surface area contributed by atoms with Crippen molar-refractivity contribution in [3.8, 4) is 0 Å². The summed E-state index contributed by atoms with van der Waals surface area (Å²) in [6.07, 6.45) is 4.58. The number of nitrogens with zero attached hydrogens (tertiary/aromatic N) is 3. The Bertz CT molecular complexity index is 1220. The lowest BCUT2D eigenvalue weighted by Crippen LogP contribution is -2.33. The third-order valence-corrected chi connectivity index (χ3v) is 7.23. The van der Waals surface area contributed by atoms with Crippen LogP contribution in [0.4, 0.5) is 10.9 Å². The van der Waals surface area contributed by atoms with E-state index in [1.165, 1.54) is 17.4 Å². The number of thiophene rings is 1. The molecule has 1 fully saturated rings. The lowest BCUT2D eigenvalue weighted by Gasteiger charge is -2.38. The Balaban J connectivity index is 1.46. The number of carbonyl (C=O) groups is 3. The summed E-state index contributed by atoms with van der Waals surface area (Å²) < 4.78 is 2.12. The largest absolute Gasteiger partial charge is 0.342 e. The van der Waals surface area contributed by atoms with Crippen molar-refractivity contribution in [1.29, 1.82) is 0 Å². The molecule has 3 aromatic rings. The summed E-state index contributed by atoms with van der Waals surface area (Å²) in [4.78, 5) is 43.2. The van der Waals surface area contributed by atoms with Crippen molar-refractivity contribution in [2.24, 2.45) is 5.92 Å². The topological polar surface area (TPSA) is 96.3 Å². The fourth-order valence-corrected chi connectivity index (χ4v) is 5.03. The van der Waals surface area contributed by atoms with E-state index < -0.39 is 0 Å². The van der Waals surface area contributed by atoms with Crippen molar-refractivity contribution in [2.45, 2.75) is 38.6 Å². The highest BCUT2D eigenvalue weighted by Crippen LogP contribution is 2.43. The van der Waals surface area contributed by atoms with Gasteiger partial charge >= 0.3 is 0 Å². The summed E-state index contributed by atoms with van der Waals surface area (Å²) in [5.41, 5.74) is 1.82. The smallest absolute Gasteiger partial charge is 0.268 e. The highest BCUT2D eigenvalue weighted by atomic mass is 32.1. The maximum Gasteiger partial charge on any atom is 0.268 e. The number of carbonyl (C=O) groups excluding carboxylic acids is 3. The number of benzene rings is 1. The van der Waals surface area contributed by atoms with Crippen LogP contribution in [0.2, 0.25) is 0 Å². The van der Waals surface area contributed by atoms with Gasteiger partial charge in [-0.15, -0.1) is 11.3 Å². The Kier molecular flexibility index (Phi) is 7.12. The van der Waals surface area contributed by atoms with Gasteiger partial charge in [0, 0.05) is 26.1 Å². The minimum atomic E-state index is -0.251. The number of para-hydroxylation sites is 2. The number of rotatable bonds is 9. The first kappa shape index (κ1) is 23.7. The summed E-state index contributed by atoms with van der Waals surface area (Å²) in [5.74, 6) is 0.639. The van der Waals surface area contributed by atoms with Crippen molar-refractivity contribution >= 4 is 51.0 Å². The van der Waals surface area contributed by atoms with E-state index in [0.717, 1.165) is 30.3 Å². The van der Waals surface area contributed by atoms with Gasteiger partial charge in [0.1, 0.15) is 0 Å². The number of hydrogen-bond donors (Lipinski definition) is 2. The lowest BCUT2D eigenvalue weighted by molar-refractivity contribution is -0.125. The fourth-order valence-electron chi connectivity index (χ4n) is 4.21. The molecule has 2 heterocycles. The second-order valence-electron chi connectivity index (χ2n) is 8.56. The Morgan fingerprint density at radius 3 is 2.71 bits per heavy atom. The molecule has 3 amide bonds. The average Bonchev–Trinajstić information content (AvgIpc) is 3.42. The normalized spacial score (nSPS) is 17.1. The highest BCUT2D eigenvalue weighted by Gasteiger charge is 2.33. The first-order valence-electron chi connectivity index (χ1n) is 11.4. The molecule has 0 spiro atoms. The zero-order valence-corrected chi connectivity index (χ0v) is 20.2. The Hall–Kier alpha value is -3.46.